The van der Waals surface area contributed by atoms with E-state index in [0.29, 0.717) is 6.10 Å². The van der Waals surface area contributed by atoms with E-state index in [2.05, 4.69) is 28.6 Å². The Bertz CT molecular complexity index is 399. The van der Waals surface area contributed by atoms with E-state index >= 15 is 0 Å². The lowest BCUT2D eigenvalue weighted by Crippen LogP contribution is -2.38. The fourth-order valence-electron chi connectivity index (χ4n) is 2.82. The van der Waals surface area contributed by atoms with Crippen LogP contribution in [0.25, 0.3) is 0 Å². The zero-order valence-corrected chi connectivity index (χ0v) is 17.8. The van der Waals surface area contributed by atoms with Gasteiger partial charge < -0.3 is 24.8 Å². The van der Waals surface area contributed by atoms with Crippen LogP contribution in [0.5, 0.6) is 0 Å². The van der Waals surface area contributed by atoms with E-state index in [1.807, 2.05) is 0 Å². The van der Waals surface area contributed by atoms with Gasteiger partial charge in [-0.25, -0.2) is 0 Å². The highest BCUT2D eigenvalue weighted by Crippen LogP contribution is 2.12. The molecule has 2 N–H and O–H groups in total. The van der Waals surface area contributed by atoms with E-state index in [-0.39, 0.29) is 24.0 Å². The maximum absolute atomic E-state index is 5.67. The largest absolute Gasteiger partial charge is 0.379 e. The first-order chi connectivity index (χ1) is 11.9. The first kappa shape index (κ1) is 22.7. The summed E-state index contributed by atoms with van der Waals surface area (Å²) >= 11 is 0. The predicted molar refractivity (Wildman–Crippen MR) is 112 cm³/mol. The zero-order valence-electron chi connectivity index (χ0n) is 15.4. The van der Waals surface area contributed by atoms with Gasteiger partial charge in [-0.3, -0.25) is 4.99 Å². The van der Waals surface area contributed by atoms with Gasteiger partial charge in [-0.05, 0) is 39.0 Å². The molecule has 25 heavy (non-hydrogen) atoms. The van der Waals surface area contributed by atoms with Gasteiger partial charge in [0.1, 0.15) is 0 Å². The van der Waals surface area contributed by atoms with Crippen LogP contribution < -0.4 is 10.6 Å². The van der Waals surface area contributed by atoms with Crippen LogP contribution in [0.15, 0.2) is 16.6 Å². The molecule has 0 spiro atoms. The van der Waals surface area contributed by atoms with Gasteiger partial charge in [0.2, 0.25) is 0 Å². The van der Waals surface area contributed by atoms with Crippen molar-refractivity contribution in [3.8, 4) is 0 Å². The van der Waals surface area contributed by atoms with Gasteiger partial charge in [-0.15, -0.1) is 24.0 Å². The summed E-state index contributed by atoms with van der Waals surface area (Å²) in [6.07, 6.45) is 7.85. The topological polar surface area (TPSA) is 64.1 Å². The molecule has 2 heterocycles. The van der Waals surface area contributed by atoms with Crippen molar-refractivity contribution in [2.24, 2.45) is 4.99 Å². The number of halogens is 1. The molecule has 0 aromatic rings. The predicted octanol–water partition coefficient (Wildman–Crippen LogP) is 2.48. The summed E-state index contributed by atoms with van der Waals surface area (Å²) in [5.74, 6) is 0.893. The van der Waals surface area contributed by atoms with Crippen LogP contribution in [0.2, 0.25) is 0 Å². The normalized spacial score (nSPS) is 20.8. The Kier molecular flexibility index (Phi) is 13.4. The Labute approximate surface area is 169 Å². The van der Waals surface area contributed by atoms with E-state index in [1.54, 1.807) is 0 Å². The minimum absolute atomic E-state index is 0. The van der Waals surface area contributed by atoms with Crippen molar-refractivity contribution < 1.29 is 14.2 Å². The SMILES string of the molecule is CCNC(=NCCCOCC1CCCO1)NCCC1=CCOCC1.I. The molecule has 1 atom stereocenters. The number of nitrogens with zero attached hydrogens (tertiary/aromatic N) is 1. The minimum atomic E-state index is 0. The molecule has 1 saturated heterocycles. The number of hydrogen-bond donors (Lipinski definition) is 2. The molecule has 0 amide bonds. The van der Waals surface area contributed by atoms with Crippen molar-refractivity contribution in [3.63, 3.8) is 0 Å². The van der Waals surface area contributed by atoms with Crippen LogP contribution in [-0.2, 0) is 14.2 Å². The molecule has 0 aromatic heterocycles. The monoisotopic (exact) mass is 467 g/mol. The summed E-state index contributed by atoms with van der Waals surface area (Å²) in [4.78, 5) is 4.60. The average molecular weight is 467 g/mol. The molecule has 146 valence electrons. The smallest absolute Gasteiger partial charge is 0.191 e. The van der Waals surface area contributed by atoms with Crippen molar-refractivity contribution in [1.82, 2.24) is 10.6 Å². The highest BCUT2D eigenvalue weighted by molar-refractivity contribution is 14.0. The van der Waals surface area contributed by atoms with Gasteiger partial charge in [-0.2, -0.15) is 0 Å². The molecule has 2 aliphatic heterocycles. The quantitative estimate of drug-likeness (QED) is 0.170. The lowest BCUT2D eigenvalue weighted by molar-refractivity contribution is 0.0171. The number of aliphatic imine (C=N–C) groups is 1. The van der Waals surface area contributed by atoms with Gasteiger partial charge in [0, 0.05) is 32.8 Å². The maximum Gasteiger partial charge on any atom is 0.191 e. The summed E-state index contributed by atoms with van der Waals surface area (Å²) in [5, 5.41) is 6.69. The summed E-state index contributed by atoms with van der Waals surface area (Å²) in [5.41, 5.74) is 1.48. The highest BCUT2D eigenvalue weighted by atomic mass is 127. The van der Waals surface area contributed by atoms with Crippen LogP contribution in [0.4, 0.5) is 0 Å². The standard InChI is InChI=1S/C18H33N3O3.HI/c1-2-19-18(21-10-6-16-7-13-22-14-8-16)20-9-4-11-23-15-17-5-3-12-24-17;/h7,17H,2-6,8-15H2,1H3,(H2,19,20,21);1H. The van der Waals surface area contributed by atoms with Crippen molar-refractivity contribution in [1.29, 1.82) is 0 Å². The number of hydrogen-bond acceptors (Lipinski definition) is 4. The van der Waals surface area contributed by atoms with Crippen LogP contribution >= 0.6 is 24.0 Å². The van der Waals surface area contributed by atoms with Crippen LogP contribution in [0, 0.1) is 0 Å². The Balaban J connectivity index is 0.00000312. The Morgan fingerprint density at radius 3 is 3.00 bits per heavy atom. The van der Waals surface area contributed by atoms with E-state index in [9.17, 15) is 0 Å². The lowest BCUT2D eigenvalue weighted by atomic mass is 10.1. The summed E-state index contributed by atoms with van der Waals surface area (Å²) in [7, 11) is 0. The van der Waals surface area contributed by atoms with E-state index in [4.69, 9.17) is 14.2 Å². The summed E-state index contributed by atoms with van der Waals surface area (Å²) in [6.45, 7) is 8.61. The molecule has 7 heteroatoms. The van der Waals surface area contributed by atoms with Crippen LogP contribution in [0.1, 0.15) is 39.0 Å². The summed E-state index contributed by atoms with van der Waals surface area (Å²) < 4.78 is 16.5. The van der Waals surface area contributed by atoms with Crippen LogP contribution in [-0.4, -0.2) is 64.7 Å². The van der Waals surface area contributed by atoms with E-state index in [1.165, 1.54) is 12.0 Å². The minimum Gasteiger partial charge on any atom is -0.379 e. The van der Waals surface area contributed by atoms with Gasteiger partial charge in [0.05, 0.1) is 25.9 Å². The van der Waals surface area contributed by atoms with E-state index in [0.717, 1.165) is 84.3 Å². The average Bonchev–Trinajstić information content (AvgIpc) is 3.12. The number of guanidine groups is 1. The molecule has 0 aromatic carbocycles. The molecule has 0 saturated carbocycles. The molecule has 0 aliphatic carbocycles. The van der Waals surface area contributed by atoms with Crippen molar-refractivity contribution in [2.75, 3.05) is 52.7 Å². The number of ether oxygens (including phenoxy) is 3. The van der Waals surface area contributed by atoms with Crippen molar-refractivity contribution in [2.45, 2.75) is 45.1 Å². The first-order valence-electron chi connectivity index (χ1n) is 9.35. The van der Waals surface area contributed by atoms with E-state index < -0.39 is 0 Å². The van der Waals surface area contributed by atoms with Gasteiger partial charge >= 0.3 is 0 Å². The number of nitrogens with one attached hydrogen (secondary N) is 2. The zero-order chi connectivity index (χ0) is 16.9. The van der Waals surface area contributed by atoms with Gasteiger partial charge in [0.25, 0.3) is 0 Å². The Morgan fingerprint density at radius 2 is 2.28 bits per heavy atom. The lowest BCUT2D eigenvalue weighted by Gasteiger charge is -2.15. The molecule has 1 unspecified atom stereocenters. The van der Waals surface area contributed by atoms with Crippen molar-refractivity contribution >= 4 is 29.9 Å². The molecule has 6 nitrogen and oxygen atoms in total. The number of rotatable bonds is 10. The second kappa shape index (κ2) is 14.8. The summed E-state index contributed by atoms with van der Waals surface area (Å²) in [6, 6.07) is 0. The Morgan fingerprint density at radius 1 is 1.36 bits per heavy atom. The third-order valence-corrected chi connectivity index (χ3v) is 4.18. The fraction of sp³-hybridized carbons (Fsp3) is 0.833. The highest BCUT2D eigenvalue weighted by Gasteiger charge is 2.14. The molecular weight excluding hydrogens is 433 g/mol. The first-order valence-corrected chi connectivity index (χ1v) is 9.35. The molecule has 0 bridgehead atoms. The molecule has 0 radical (unpaired) electrons. The third-order valence-electron chi connectivity index (χ3n) is 4.18. The second-order valence-electron chi connectivity index (χ2n) is 6.19. The molecule has 2 aliphatic rings. The second-order valence-corrected chi connectivity index (χ2v) is 6.19. The Hall–Kier alpha value is -0.380. The molecule has 2 rings (SSSR count). The van der Waals surface area contributed by atoms with Gasteiger partial charge in [0.15, 0.2) is 5.96 Å². The molecule has 1 fully saturated rings. The van der Waals surface area contributed by atoms with Crippen LogP contribution in [0.3, 0.4) is 0 Å². The van der Waals surface area contributed by atoms with Crippen molar-refractivity contribution in [3.05, 3.63) is 11.6 Å². The maximum atomic E-state index is 5.67. The van der Waals surface area contributed by atoms with Gasteiger partial charge in [-0.1, -0.05) is 11.6 Å². The molecular formula is C18H34IN3O3. The fourth-order valence-corrected chi connectivity index (χ4v) is 2.82. The third kappa shape index (κ3) is 10.4.